The molecule has 0 saturated carbocycles. The maximum Gasteiger partial charge on any atom is 0.147 e. The number of allylic oxidation sites excluding steroid dienone is 2. The second kappa shape index (κ2) is 6.24. The highest BCUT2D eigenvalue weighted by atomic mass is 16.1. The minimum atomic E-state index is 0.707. The fraction of sp³-hybridized carbons (Fsp3) is 0.150. The molecule has 1 aliphatic rings. The highest BCUT2D eigenvalue weighted by molar-refractivity contribution is 5.96. The third-order valence-corrected chi connectivity index (χ3v) is 3.76. The Bertz CT molecular complexity index is 742. The van der Waals surface area contributed by atoms with Crippen LogP contribution in [0.25, 0.3) is 5.57 Å². The van der Waals surface area contributed by atoms with Gasteiger partial charge in [-0.2, -0.15) is 0 Å². The number of benzene rings is 2. The van der Waals surface area contributed by atoms with Crippen molar-refractivity contribution >= 4 is 11.9 Å². The normalized spacial score (nSPS) is 13.1. The summed E-state index contributed by atoms with van der Waals surface area (Å²) in [6.07, 6.45) is 3.38. The van der Waals surface area contributed by atoms with Gasteiger partial charge >= 0.3 is 0 Å². The molecule has 0 aromatic heterocycles. The van der Waals surface area contributed by atoms with E-state index in [2.05, 4.69) is 36.1 Å². The highest BCUT2D eigenvalue weighted by Gasteiger charge is 2.16. The van der Waals surface area contributed by atoms with Gasteiger partial charge in [0.1, 0.15) is 6.29 Å². The molecule has 2 aromatic rings. The van der Waals surface area contributed by atoms with Crippen LogP contribution in [0, 0.1) is 11.8 Å². The van der Waals surface area contributed by atoms with Crippen LogP contribution >= 0.6 is 0 Å². The molecule has 0 atom stereocenters. The molecule has 102 valence electrons. The van der Waals surface area contributed by atoms with E-state index in [0.717, 1.165) is 35.8 Å². The van der Waals surface area contributed by atoms with Gasteiger partial charge in [0, 0.05) is 17.6 Å². The van der Waals surface area contributed by atoms with Crippen molar-refractivity contribution in [3.05, 3.63) is 76.9 Å². The minimum Gasteiger partial charge on any atom is -0.298 e. The van der Waals surface area contributed by atoms with Crippen LogP contribution in [0.5, 0.6) is 0 Å². The molecule has 1 aliphatic carbocycles. The lowest BCUT2D eigenvalue weighted by Crippen LogP contribution is -2.05. The summed E-state index contributed by atoms with van der Waals surface area (Å²) in [6.45, 7) is 0. The largest absolute Gasteiger partial charge is 0.298 e. The molecule has 0 aliphatic heterocycles. The molecule has 0 radical (unpaired) electrons. The van der Waals surface area contributed by atoms with Crippen molar-refractivity contribution in [1.29, 1.82) is 0 Å². The molecule has 0 amide bonds. The first kappa shape index (κ1) is 13.4. The van der Waals surface area contributed by atoms with E-state index >= 15 is 0 Å². The molecule has 3 rings (SSSR count). The number of hydrogen-bond donors (Lipinski definition) is 0. The number of aldehydes is 1. The lowest BCUT2D eigenvalue weighted by molar-refractivity contribution is -0.105. The van der Waals surface area contributed by atoms with Crippen molar-refractivity contribution in [2.45, 2.75) is 19.3 Å². The van der Waals surface area contributed by atoms with Crippen LogP contribution in [0.3, 0.4) is 0 Å². The van der Waals surface area contributed by atoms with Gasteiger partial charge in [-0.3, -0.25) is 4.79 Å². The van der Waals surface area contributed by atoms with E-state index in [9.17, 15) is 4.79 Å². The molecule has 21 heavy (non-hydrogen) atoms. The summed E-state index contributed by atoms with van der Waals surface area (Å²) in [4.78, 5) is 11.3. The molecule has 2 aromatic carbocycles. The Morgan fingerprint density at radius 3 is 2.52 bits per heavy atom. The van der Waals surface area contributed by atoms with Gasteiger partial charge in [-0.15, -0.1) is 0 Å². The molecule has 1 heteroatoms. The van der Waals surface area contributed by atoms with Crippen molar-refractivity contribution in [2.24, 2.45) is 0 Å². The third-order valence-electron chi connectivity index (χ3n) is 3.76. The SMILES string of the molecule is O=CC1=C(C#CCc2ccccc2)c2ccccc2CC1. The fourth-order valence-corrected chi connectivity index (χ4v) is 2.65. The fourth-order valence-electron chi connectivity index (χ4n) is 2.65. The Hall–Kier alpha value is -2.59. The van der Waals surface area contributed by atoms with Crippen molar-refractivity contribution in [1.82, 2.24) is 0 Å². The molecule has 0 N–H and O–H groups in total. The van der Waals surface area contributed by atoms with Gasteiger partial charge in [-0.05, 0) is 29.5 Å². The summed E-state index contributed by atoms with van der Waals surface area (Å²) in [5.41, 5.74) is 5.33. The molecule has 0 fully saturated rings. The lowest BCUT2D eigenvalue weighted by Gasteiger charge is -2.17. The second-order valence-corrected chi connectivity index (χ2v) is 5.14. The maximum absolute atomic E-state index is 11.3. The van der Waals surface area contributed by atoms with Crippen molar-refractivity contribution in [2.75, 3.05) is 0 Å². The van der Waals surface area contributed by atoms with E-state index in [1.54, 1.807) is 0 Å². The number of carbonyl (C=O) groups excluding carboxylic acids is 1. The van der Waals surface area contributed by atoms with Gasteiger partial charge in [0.15, 0.2) is 0 Å². The summed E-state index contributed by atoms with van der Waals surface area (Å²) in [5.74, 6) is 6.44. The number of carbonyl (C=O) groups is 1. The zero-order valence-corrected chi connectivity index (χ0v) is 11.8. The van der Waals surface area contributed by atoms with Crippen LogP contribution in [-0.2, 0) is 17.6 Å². The van der Waals surface area contributed by atoms with Crippen LogP contribution in [0.1, 0.15) is 23.1 Å². The van der Waals surface area contributed by atoms with Crippen LogP contribution in [0.2, 0.25) is 0 Å². The zero-order valence-electron chi connectivity index (χ0n) is 11.8. The third kappa shape index (κ3) is 2.95. The van der Waals surface area contributed by atoms with Gasteiger partial charge in [-0.1, -0.05) is 66.4 Å². The highest BCUT2D eigenvalue weighted by Crippen LogP contribution is 2.29. The molecular formula is C20H16O. The van der Waals surface area contributed by atoms with Crippen LogP contribution in [0.4, 0.5) is 0 Å². The summed E-state index contributed by atoms with van der Waals surface area (Å²) >= 11 is 0. The topological polar surface area (TPSA) is 17.1 Å². The van der Waals surface area contributed by atoms with E-state index in [1.807, 2.05) is 30.3 Å². The maximum atomic E-state index is 11.3. The van der Waals surface area contributed by atoms with Crippen molar-refractivity contribution in [3.63, 3.8) is 0 Å². The molecule has 0 unspecified atom stereocenters. The number of fused-ring (bicyclic) bond motifs is 1. The number of rotatable bonds is 2. The first-order valence-corrected chi connectivity index (χ1v) is 7.18. The minimum absolute atomic E-state index is 0.707. The first-order chi connectivity index (χ1) is 10.4. The smallest absolute Gasteiger partial charge is 0.147 e. The predicted molar refractivity (Wildman–Crippen MR) is 85.7 cm³/mol. The number of hydrogen-bond acceptors (Lipinski definition) is 1. The molecule has 0 heterocycles. The van der Waals surface area contributed by atoms with E-state index in [-0.39, 0.29) is 0 Å². The monoisotopic (exact) mass is 272 g/mol. The number of aryl methyl sites for hydroxylation is 1. The van der Waals surface area contributed by atoms with Gasteiger partial charge in [0.25, 0.3) is 0 Å². The van der Waals surface area contributed by atoms with E-state index in [4.69, 9.17) is 0 Å². The average Bonchev–Trinajstić information content (AvgIpc) is 2.56. The van der Waals surface area contributed by atoms with Crippen molar-refractivity contribution < 1.29 is 4.79 Å². The summed E-state index contributed by atoms with van der Waals surface area (Å²) < 4.78 is 0. The predicted octanol–water partition coefficient (Wildman–Crippen LogP) is 3.83. The Morgan fingerprint density at radius 2 is 1.71 bits per heavy atom. The zero-order chi connectivity index (χ0) is 14.5. The average molecular weight is 272 g/mol. The van der Waals surface area contributed by atoms with Crippen LogP contribution in [0.15, 0.2) is 60.2 Å². The van der Waals surface area contributed by atoms with Crippen molar-refractivity contribution in [3.8, 4) is 11.8 Å². The Morgan fingerprint density at radius 1 is 0.952 bits per heavy atom. The molecule has 0 spiro atoms. The van der Waals surface area contributed by atoms with Gasteiger partial charge in [0.05, 0.1) is 0 Å². The van der Waals surface area contributed by atoms with Gasteiger partial charge < -0.3 is 0 Å². The molecular weight excluding hydrogens is 256 g/mol. The van der Waals surface area contributed by atoms with Gasteiger partial charge in [-0.25, -0.2) is 0 Å². The lowest BCUT2D eigenvalue weighted by atomic mass is 9.86. The Kier molecular flexibility index (Phi) is 3.98. The standard InChI is InChI=1S/C20H16O/c21-15-18-14-13-17-10-4-5-11-19(17)20(18)12-6-9-16-7-2-1-3-8-16/h1-5,7-8,10-11,15H,9,13-14H2. The molecule has 1 nitrogen and oxygen atoms in total. The quantitative estimate of drug-likeness (QED) is 0.600. The molecule has 0 bridgehead atoms. The van der Waals surface area contributed by atoms with E-state index in [0.29, 0.717) is 6.42 Å². The Labute approximate surface area is 125 Å². The Balaban J connectivity index is 1.92. The summed E-state index contributed by atoms with van der Waals surface area (Å²) in [6, 6.07) is 18.4. The van der Waals surface area contributed by atoms with Gasteiger partial charge in [0.2, 0.25) is 0 Å². The molecule has 0 saturated heterocycles. The van der Waals surface area contributed by atoms with Crippen LogP contribution < -0.4 is 0 Å². The summed E-state index contributed by atoms with van der Waals surface area (Å²) in [5, 5.41) is 0. The van der Waals surface area contributed by atoms with Crippen LogP contribution in [-0.4, -0.2) is 6.29 Å². The van der Waals surface area contributed by atoms with E-state index in [1.165, 1.54) is 11.1 Å². The van der Waals surface area contributed by atoms with E-state index < -0.39 is 0 Å². The second-order valence-electron chi connectivity index (χ2n) is 5.14. The summed E-state index contributed by atoms with van der Waals surface area (Å²) in [7, 11) is 0. The first-order valence-electron chi connectivity index (χ1n) is 7.18.